The van der Waals surface area contributed by atoms with Crippen molar-refractivity contribution in [2.45, 2.75) is 13.0 Å². The third-order valence-corrected chi connectivity index (χ3v) is 4.00. The van der Waals surface area contributed by atoms with E-state index in [2.05, 4.69) is 16.0 Å². The van der Waals surface area contributed by atoms with E-state index < -0.39 is 11.8 Å². The monoisotopic (exact) mass is 361 g/mol. The SMILES string of the molecule is COC(CNC(=O)C(=O)Nc1cccc(NC(C)=O)c1)c1ccsc1. The van der Waals surface area contributed by atoms with Crippen LogP contribution < -0.4 is 16.0 Å². The summed E-state index contributed by atoms with van der Waals surface area (Å²) in [5, 5.41) is 11.5. The molecule has 1 aromatic heterocycles. The van der Waals surface area contributed by atoms with Gasteiger partial charge < -0.3 is 20.7 Å². The number of carbonyl (C=O) groups is 3. The van der Waals surface area contributed by atoms with Crippen LogP contribution in [0.15, 0.2) is 41.1 Å². The van der Waals surface area contributed by atoms with E-state index in [1.165, 1.54) is 18.3 Å². The van der Waals surface area contributed by atoms with Crippen LogP contribution in [0.3, 0.4) is 0 Å². The molecule has 0 aliphatic rings. The number of methoxy groups -OCH3 is 1. The predicted octanol–water partition coefficient (Wildman–Crippen LogP) is 2.15. The van der Waals surface area contributed by atoms with Crippen molar-refractivity contribution in [2.24, 2.45) is 0 Å². The maximum atomic E-state index is 12.0. The second-order valence-electron chi connectivity index (χ2n) is 5.21. The molecule has 0 radical (unpaired) electrons. The summed E-state index contributed by atoms with van der Waals surface area (Å²) in [4.78, 5) is 35.0. The minimum absolute atomic E-state index is 0.186. The van der Waals surface area contributed by atoms with Gasteiger partial charge in [-0.05, 0) is 40.6 Å². The molecule has 1 atom stereocenters. The molecule has 1 aromatic carbocycles. The third kappa shape index (κ3) is 5.70. The average molecular weight is 361 g/mol. The predicted molar refractivity (Wildman–Crippen MR) is 96.5 cm³/mol. The van der Waals surface area contributed by atoms with Gasteiger partial charge in [-0.3, -0.25) is 14.4 Å². The maximum Gasteiger partial charge on any atom is 0.313 e. The van der Waals surface area contributed by atoms with E-state index in [-0.39, 0.29) is 18.6 Å². The van der Waals surface area contributed by atoms with Crippen LogP contribution >= 0.6 is 11.3 Å². The zero-order chi connectivity index (χ0) is 18.2. The molecule has 1 heterocycles. The molecule has 132 valence electrons. The van der Waals surface area contributed by atoms with Gasteiger partial charge in [0.15, 0.2) is 0 Å². The summed E-state index contributed by atoms with van der Waals surface area (Å²) in [6, 6.07) is 8.44. The lowest BCUT2D eigenvalue weighted by Crippen LogP contribution is -2.37. The molecule has 3 N–H and O–H groups in total. The largest absolute Gasteiger partial charge is 0.375 e. The molecule has 25 heavy (non-hydrogen) atoms. The topological polar surface area (TPSA) is 96.5 Å². The van der Waals surface area contributed by atoms with Crippen LogP contribution in [0, 0.1) is 0 Å². The van der Waals surface area contributed by atoms with Gasteiger partial charge in [0.25, 0.3) is 0 Å². The van der Waals surface area contributed by atoms with Gasteiger partial charge in [-0.2, -0.15) is 11.3 Å². The zero-order valence-corrected chi connectivity index (χ0v) is 14.7. The lowest BCUT2D eigenvalue weighted by molar-refractivity contribution is -0.136. The zero-order valence-electron chi connectivity index (χ0n) is 13.9. The number of hydrogen-bond acceptors (Lipinski definition) is 5. The van der Waals surface area contributed by atoms with Gasteiger partial charge in [-0.25, -0.2) is 0 Å². The Bertz CT molecular complexity index is 746. The van der Waals surface area contributed by atoms with Gasteiger partial charge in [0.05, 0.1) is 0 Å². The van der Waals surface area contributed by atoms with Crippen molar-refractivity contribution in [3.05, 3.63) is 46.7 Å². The maximum absolute atomic E-state index is 12.0. The van der Waals surface area contributed by atoms with Crippen LogP contribution in [0.4, 0.5) is 11.4 Å². The van der Waals surface area contributed by atoms with Crippen LogP contribution in [-0.2, 0) is 19.1 Å². The number of benzene rings is 1. The Morgan fingerprint density at radius 3 is 2.44 bits per heavy atom. The molecule has 3 amide bonds. The summed E-state index contributed by atoms with van der Waals surface area (Å²) in [5.74, 6) is -1.78. The fourth-order valence-electron chi connectivity index (χ4n) is 2.13. The standard InChI is InChI=1S/C17H19N3O4S/c1-11(21)19-13-4-3-5-14(8-13)20-17(23)16(22)18-9-15(24-2)12-6-7-25-10-12/h3-8,10,15H,9H2,1-2H3,(H,18,22)(H,19,21)(H,20,23). The van der Waals surface area contributed by atoms with Gasteiger partial charge in [0, 0.05) is 32.0 Å². The highest BCUT2D eigenvalue weighted by Gasteiger charge is 2.17. The molecule has 0 fully saturated rings. The Morgan fingerprint density at radius 1 is 1.12 bits per heavy atom. The number of ether oxygens (including phenoxy) is 1. The molecule has 2 aromatic rings. The van der Waals surface area contributed by atoms with Crippen LogP contribution in [0.5, 0.6) is 0 Å². The Morgan fingerprint density at radius 2 is 1.84 bits per heavy atom. The number of nitrogens with one attached hydrogen (secondary N) is 3. The molecular weight excluding hydrogens is 342 g/mol. The second-order valence-corrected chi connectivity index (χ2v) is 5.99. The lowest BCUT2D eigenvalue weighted by atomic mass is 10.2. The first-order chi connectivity index (χ1) is 12.0. The molecule has 0 aliphatic heterocycles. The van der Waals surface area contributed by atoms with Crippen LogP contribution in [0.2, 0.25) is 0 Å². The summed E-state index contributed by atoms with van der Waals surface area (Å²) in [6.45, 7) is 1.57. The fraction of sp³-hybridized carbons (Fsp3) is 0.235. The highest BCUT2D eigenvalue weighted by molar-refractivity contribution is 7.07. The van der Waals surface area contributed by atoms with E-state index in [0.29, 0.717) is 11.4 Å². The summed E-state index contributed by atoms with van der Waals surface area (Å²) in [5.41, 5.74) is 1.88. The van der Waals surface area contributed by atoms with Crippen molar-refractivity contribution >= 4 is 40.4 Å². The molecule has 0 aliphatic carbocycles. The van der Waals surface area contributed by atoms with Crippen molar-refractivity contribution in [3.8, 4) is 0 Å². The Hall–Kier alpha value is -2.71. The van der Waals surface area contributed by atoms with Crippen molar-refractivity contribution in [2.75, 3.05) is 24.3 Å². The molecule has 1 unspecified atom stereocenters. The van der Waals surface area contributed by atoms with Crippen molar-refractivity contribution in [1.82, 2.24) is 5.32 Å². The van der Waals surface area contributed by atoms with E-state index in [1.807, 2.05) is 16.8 Å². The number of rotatable bonds is 6. The van der Waals surface area contributed by atoms with Crippen molar-refractivity contribution in [1.29, 1.82) is 0 Å². The number of carbonyl (C=O) groups excluding carboxylic acids is 3. The molecule has 0 saturated heterocycles. The van der Waals surface area contributed by atoms with Crippen LogP contribution in [-0.4, -0.2) is 31.4 Å². The number of amides is 3. The number of thiophene rings is 1. The highest BCUT2D eigenvalue weighted by atomic mass is 32.1. The van der Waals surface area contributed by atoms with Gasteiger partial charge in [0.1, 0.15) is 6.10 Å². The average Bonchev–Trinajstić information content (AvgIpc) is 3.09. The quantitative estimate of drug-likeness (QED) is 0.687. The van der Waals surface area contributed by atoms with Crippen molar-refractivity contribution in [3.63, 3.8) is 0 Å². The van der Waals surface area contributed by atoms with E-state index in [1.54, 1.807) is 31.4 Å². The summed E-state index contributed by atoms with van der Waals surface area (Å²) in [7, 11) is 1.54. The molecular formula is C17H19N3O4S. The van der Waals surface area contributed by atoms with Gasteiger partial charge in [0.2, 0.25) is 5.91 Å². The van der Waals surface area contributed by atoms with Crippen LogP contribution in [0.25, 0.3) is 0 Å². The van der Waals surface area contributed by atoms with E-state index in [0.717, 1.165) is 5.56 Å². The van der Waals surface area contributed by atoms with E-state index in [9.17, 15) is 14.4 Å². The van der Waals surface area contributed by atoms with Gasteiger partial charge in [-0.1, -0.05) is 6.07 Å². The first kappa shape index (κ1) is 18.6. The minimum atomic E-state index is -0.792. The summed E-state index contributed by atoms with van der Waals surface area (Å²) < 4.78 is 5.32. The minimum Gasteiger partial charge on any atom is -0.375 e. The Kier molecular flexibility index (Phi) is 6.67. The Balaban J connectivity index is 1.90. The first-order valence-electron chi connectivity index (χ1n) is 7.51. The number of anilines is 2. The molecule has 2 rings (SSSR count). The number of hydrogen-bond donors (Lipinski definition) is 3. The normalized spacial score (nSPS) is 11.4. The third-order valence-electron chi connectivity index (χ3n) is 3.29. The smallest absolute Gasteiger partial charge is 0.313 e. The molecule has 8 heteroatoms. The van der Waals surface area contributed by atoms with Crippen molar-refractivity contribution < 1.29 is 19.1 Å². The molecule has 0 saturated carbocycles. The van der Waals surface area contributed by atoms with Gasteiger partial charge in [-0.15, -0.1) is 0 Å². The lowest BCUT2D eigenvalue weighted by Gasteiger charge is -2.15. The highest BCUT2D eigenvalue weighted by Crippen LogP contribution is 2.18. The van der Waals surface area contributed by atoms with Gasteiger partial charge >= 0.3 is 11.8 Å². The summed E-state index contributed by atoms with van der Waals surface area (Å²) in [6.07, 6.45) is -0.314. The fourth-order valence-corrected chi connectivity index (χ4v) is 2.83. The second kappa shape index (κ2) is 8.95. The first-order valence-corrected chi connectivity index (χ1v) is 8.45. The summed E-state index contributed by atoms with van der Waals surface area (Å²) >= 11 is 1.53. The molecule has 0 spiro atoms. The van der Waals surface area contributed by atoms with E-state index >= 15 is 0 Å². The molecule has 0 bridgehead atoms. The Labute approximate surface area is 149 Å². The van der Waals surface area contributed by atoms with Crippen LogP contribution in [0.1, 0.15) is 18.6 Å². The molecule has 7 nitrogen and oxygen atoms in total. The van der Waals surface area contributed by atoms with E-state index in [4.69, 9.17) is 4.74 Å².